The van der Waals surface area contributed by atoms with E-state index >= 15 is 0 Å². The average Bonchev–Trinajstić information content (AvgIpc) is 3.31. The van der Waals surface area contributed by atoms with Gasteiger partial charge in [-0.05, 0) is 60.4 Å². The molecule has 2 aliphatic rings. The summed E-state index contributed by atoms with van der Waals surface area (Å²) in [7, 11) is 0. The second-order valence-electron chi connectivity index (χ2n) is 9.43. The van der Waals surface area contributed by atoms with Crippen molar-refractivity contribution in [2.45, 2.75) is 46.6 Å². The third kappa shape index (κ3) is 2.85. The molecule has 5 rings (SSSR count). The van der Waals surface area contributed by atoms with Crippen LogP contribution in [0.1, 0.15) is 56.0 Å². The van der Waals surface area contributed by atoms with Crippen LogP contribution < -0.4 is 5.43 Å². The summed E-state index contributed by atoms with van der Waals surface area (Å²) >= 11 is 0. The number of hydrazone groups is 1. The Bertz CT molecular complexity index is 1140. The molecule has 3 aromatic rings. The van der Waals surface area contributed by atoms with E-state index in [0.29, 0.717) is 18.0 Å². The van der Waals surface area contributed by atoms with Crippen molar-refractivity contribution in [2.75, 3.05) is 0 Å². The molecule has 30 heavy (non-hydrogen) atoms. The van der Waals surface area contributed by atoms with E-state index in [9.17, 15) is 4.79 Å². The molecular formula is C24H27N5O. The van der Waals surface area contributed by atoms with E-state index in [-0.39, 0.29) is 16.7 Å². The van der Waals surface area contributed by atoms with Crippen LogP contribution in [-0.4, -0.2) is 26.6 Å². The van der Waals surface area contributed by atoms with Gasteiger partial charge in [-0.25, -0.2) is 10.1 Å². The summed E-state index contributed by atoms with van der Waals surface area (Å²) in [5.41, 5.74) is 7.84. The molecule has 0 radical (unpaired) electrons. The Morgan fingerprint density at radius 1 is 1.17 bits per heavy atom. The first-order valence-electron chi connectivity index (χ1n) is 10.6. The molecule has 2 atom stereocenters. The number of nitrogens with zero attached hydrogens (tertiary/aromatic N) is 4. The Labute approximate surface area is 176 Å². The summed E-state index contributed by atoms with van der Waals surface area (Å²) < 4.78 is 1.87. The van der Waals surface area contributed by atoms with Gasteiger partial charge in [0.2, 0.25) is 0 Å². The van der Waals surface area contributed by atoms with Crippen molar-refractivity contribution in [3.63, 3.8) is 0 Å². The molecule has 0 aliphatic heterocycles. The van der Waals surface area contributed by atoms with Gasteiger partial charge in [0, 0.05) is 16.7 Å². The molecule has 0 spiro atoms. The SMILES string of the molecule is CC1(C)[C@@H]2CC[C@@]1(C)/C(=N/NC(=O)c1ccc(Cn3nnc4ccccc43)cc1)C2. The van der Waals surface area contributed by atoms with E-state index in [1.54, 1.807) is 0 Å². The summed E-state index contributed by atoms with van der Waals surface area (Å²) in [6, 6.07) is 15.5. The fourth-order valence-corrected chi connectivity index (χ4v) is 5.25. The first kappa shape index (κ1) is 19.0. The highest BCUT2D eigenvalue weighted by Crippen LogP contribution is 2.63. The van der Waals surface area contributed by atoms with Gasteiger partial charge in [-0.1, -0.05) is 50.3 Å². The minimum Gasteiger partial charge on any atom is -0.267 e. The predicted molar refractivity (Wildman–Crippen MR) is 117 cm³/mol. The van der Waals surface area contributed by atoms with E-state index in [1.165, 1.54) is 6.42 Å². The summed E-state index contributed by atoms with van der Waals surface area (Å²) in [5.74, 6) is 0.509. The third-order valence-corrected chi connectivity index (χ3v) is 7.77. The van der Waals surface area contributed by atoms with Gasteiger partial charge in [-0.2, -0.15) is 5.10 Å². The lowest BCUT2D eigenvalue weighted by molar-refractivity contribution is 0.0954. The van der Waals surface area contributed by atoms with Crippen molar-refractivity contribution in [2.24, 2.45) is 21.8 Å². The summed E-state index contributed by atoms with van der Waals surface area (Å²) in [4.78, 5) is 12.6. The number of benzene rings is 2. The van der Waals surface area contributed by atoms with Gasteiger partial charge in [0.1, 0.15) is 5.52 Å². The molecule has 1 aromatic heterocycles. The van der Waals surface area contributed by atoms with Gasteiger partial charge >= 0.3 is 0 Å². The number of amides is 1. The molecule has 2 aromatic carbocycles. The first-order valence-corrected chi connectivity index (χ1v) is 10.6. The van der Waals surface area contributed by atoms with Gasteiger partial charge in [0.15, 0.2) is 0 Å². The standard InChI is InChI=1S/C24H27N5O/c1-23(2)18-12-13-24(23,3)21(14-18)26-27-22(30)17-10-8-16(9-11-17)15-29-20-7-5-4-6-19(20)25-28-29/h4-11,18H,12-15H2,1-3H3,(H,27,30)/b26-21+/t18-,24+/m1/s1. The lowest BCUT2D eigenvalue weighted by atomic mass is 9.70. The average molecular weight is 402 g/mol. The lowest BCUT2D eigenvalue weighted by Crippen LogP contribution is -2.34. The van der Waals surface area contributed by atoms with Gasteiger partial charge in [0.05, 0.1) is 12.1 Å². The van der Waals surface area contributed by atoms with Crippen LogP contribution >= 0.6 is 0 Å². The fourth-order valence-electron chi connectivity index (χ4n) is 5.25. The molecule has 1 N–H and O–H groups in total. The largest absolute Gasteiger partial charge is 0.271 e. The van der Waals surface area contributed by atoms with Crippen molar-refractivity contribution >= 4 is 22.7 Å². The number of hydrogen-bond acceptors (Lipinski definition) is 4. The van der Waals surface area contributed by atoms with E-state index in [1.807, 2.05) is 53.2 Å². The van der Waals surface area contributed by atoms with Crippen LogP contribution in [0.4, 0.5) is 0 Å². The Balaban J connectivity index is 1.27. The molecule has 1 heterocycles. The number of aromatic nitrogens is 3. The van der Waals surface area contributed by atoms with E-state index < -0.39 is 0 Å². The Hall–Kier alpha value is -3.02. The summed E-state index contributed by atoms with van der Waals surface area (Å²) in [6.45, 7) is 7.59. The highest BCUT2D eigenvalue weighted by molar-refractivity contribution is 5.98. The number of fused-ring (bicyclic) bond motifs is 3. The Morgan fingerprint density at radius 3 is 2.63 bits per heavy atom. The molecule has 6 nitrogen and oxygen atoms in total. The molecule has 0 saturated heterocycles. The van der Waals surface area contributed by atoms with Crippen molar-refractivity contribution in [3.8, 4) is 0 Å². The van der Waals surface area contributed by atoms with Crippen LogP contribution in [0.2, 0.25) is 0 Å². The quantitative estimate of drug-likeness (QED) is 0.658. The number of para-hydroxylation sites is 1. The molecule has 6 heteroatoms. The van der Waals surface area contributed by atoms with Crippen LogP contribution in [0.25, 0.3) is 11.0 Å². The van der Waals surface area contributed by atoms with Crippen LogP contribution in [0, 0.1) is 16.7 Å². The maximum Gasteiger partial charge on any atom is 0.271 e. The molecule has 2 fully saturated rings. The highest BCUT2D eigenvalue weighted by atomic mass is 16.2. The fraction of sp³-hybridized carbons (Fsp3) is 0.417. The number of rotatable bonds is 4. The van der Waals surface area contributed by atoms with Crippen molar-refractivity contribution in [3.05, 3.63) is 59.7 Å². The Morgan fingerprint density at radius 2 is 1.93 bits per heavy atom. The van der Waals surface area contributed by atoms with Crippen molar-refractivity contribution in [1.82, 2.24) is 20.4 Å². The van der Waals surface area contributed by atoms with Crippen molar-refractivity contribution < 1.29 is 4.79 Å². The molecular weight excluding hydrogens is 374 g/mol. The maximum atomic E-state index is 12.6. The van der Waals surface area contributed by atoms with Gasteiger partial charge in [-0.3, -0.25) is 4.79 Å². The topological polar surface area (TPSA) is 72.2 Å². The number of carbonyl (C=O) groups is 1. The van der Waals surface area contributed by atoms with Crippen LogP contribution in [-0.2, 0) is 6.54 Å². The zero-order valence-corrected chi connectivity index (χ0v) is 17.7. The summed E-state index contributed by atoms with van der Waals surface area (Å²) in [5, 5.41) is 13.0. The maximum absolute atomic E-state index is 12.6. The number of nitrogens with one attached hydrogen (secondary N) is 1. The molecule has 2 aliphatic carbocycles. The second kappa shape index (κ2) is 6.76. The predicted octanol–water partition coefficient (Wildman–Crippen LogP) is 4.41. The number of carbonyl (C=O) groups excluding carboxylic acids is 1. The molecule has 0 unspecified atom stereocenters. The van der Waals surface area contributed by atoms with E-state index in [4.69, 9.17) is 0 Å². The molecule has 1 amide bonds. The van der Waals surface area contributed by atoms with E-state index in [0.717, 1.165) is 35.2 Å². The first-order chi connectivity index (χ1) is 14.4. The molecule has 2 saturated carbocycles. The van der Waals surface area contributed by atoms with Crippen molar-refractivity contribution in [1.29, 1.82) is 0 Å². The van der Waals surface area contributed by atoms with Crippen LogP contribution in [0.15, 0.2) is 53.6 Å². The normalized spacial score (nSPS) is 25.8. The Kier molecular flexibility index (Phi) is 4.27. The van der Waals surface area contributed by atoms with Gasteiger partial charge in [0.25, 0.3) is 5.91 Å². The monoisotopic (exact) mass is 401 g/mol. The zero-order valence-electron chi connectivity index (χ0n) is 17.7. The highest BCUT2D eigenvalue weighted by Gasteiger charge is 2.60. The van der Waals surface area contributed by atoms with Gasteiger partial charge in [-0.15, -0.1) is 5.10 Å². The van der Waals surface area contributed by atoms with Crippen LogP contribution in [0.3, 0.4) is 0 Å². The smallest absolute Gasteiger partial charge is 0.267 e. The minimum absolute atomic E-state index is 0.0926. The zero-order chi connectivity index (χ0) is 20.9. The molecule has 2 bridgehead atoms. The second-order valence-corrected chi connectivity index (χ2v) is 9.43. The number of hydrogen-bond donors (Lipinski definition) is 1. The molecule has 154 valence electrons. The third-order valence-electron chi connectivity index (χ3n) is 7.77. The minimum atomic E-state index is -0.163. The lowest BCUT2D eigenvalue weighted by Gasteiger charge is -2.34. The summed E-state index contributed by atoms with van der Waals surface area (Å²) in [6.07, 6.45) is 3.42. The van der Waals surface area contributed by atoms with Gasteiger partial charge < -0.3 is 0 Å². The van der Waals surface area contributed by atoms with Crippen LogP contribution in [0.5, 0.6) is 0 Å². The van der Waals surface area contributed by atoms with E-state index in [2.05, 4.69) is 41.6 Å².